The molecule has 2 amide bonds. The van der Waals surface area contributed by atoms with E-state index in [1.807, 2.05) is 26.8 Å². The van der Waals surface area contributed by atoms with Crippen LogP contribution in [-0.4, -0.2) is 18.4 Å². The maximum Gasteiger partial charge on any atom is 0.255 e. The summed E-state index contributed by atoms with van der Waals surface area (Å²) in [6.45, 7) is 6.54. The van der Waals surface area contributed by atoms with Crippen molar-refractivity contribution in [2.45, 2.75) is 20.8 Å². The van der Waals surface area contributed by atoms with Gasteiger partial charge in [0.15, 0.2) is 0 Å². The summed E-state index contributed by atoms with van der Waals surface area (Å²) in [4.78, 5) is 24.6. The van der Waals surface area contributed by atoms with E-state index < -0.39 is 0 Å². The number of rotatable bonds is 5. The van der Waals surface area contributed by atoms with Gasteiger partial charge in [0.1, 0.15) is 0 Å². The van der Waals surface area contributed by atoms with E-state index in [0.29, 0.717) is 34.3 Å². The van der Waals surface area contributed by atoms with Crippen LogP contribution in [0.15, 0.2) is 42.5 Å². The third-order valence-corrected chi connectivity index (χ3v) is 3.74. The van der Waals surface area contributed by atoms with E-state index >= 15 is 0 Å². The lowest BCUT2D eigenvalue weighted by Gasteiger charge is -2.11. The van der Waals surface area contributed by atoms with Crippen molar-refractivity contribution in [3.63, 3.8) is 0 Å². The molecule has 0 fully saturated rings. The van der Waals surface area contributed by atoms with Crippen LogP contribution in [0.4, 0.5) is 5.69 Å². The zero-order valence-electron chi connectivity index (χ0n) is 14.0. The number of amides is 2. The molecule has 0 aromatic heterocycles. The fraction of sp³-hybridized carbons (Fsp3) is 0.263. The Hall–Kier alpha value is -2.33. The van der Waals surface area contributed by atoms with Crippen LogP contribution in [0.5, 0.6) is 0 Å². The Balaban J connectivity index is 2.14. The number of aryl methyl sites for hydroxylation is 1. The molecule has 0 aliphatic rings. The highest BCUT2D eigenvalue weighted by Gasteiger charge is 2.12. The molecule has 0 atom stereocenters. The number of benzene rings is 2. The van der Waals surface area contributed by atoms with Crippen molar-refractivity contribution < 1.29 is 9.59 Å². The third-order valence-electron chi connectivity index (χ3n) is 3.51. The normalized spacial score (nSPS) is 10.5. The van der Waals surface area contributed by atoms with Crippen LogP contribution in [-0.2, 0) is 0 Å². The summed E-state index contributed by atoms with van der Waals surface area (Å²) in [5.74, 6) is -0.0950. The zero-order chi connectivity index (χ0) is 17.7. The molecule has 24 heavy (non-hydrogen) atoms. The van der Waals surface area contributed by atoms with Crippen LogP contribution in [0.1, 0.15) is 40.1 Å². The van der Waals surface area contributed by atoms with Crippen LogP contribution in [0.25, 0.3) is 0 Å². The molecule has 0 spiro atoms. The average molecular weight is 345 g/mol. The number of carbonyl (C=O) groups excluding carboxylic acids is 2. The molecular weight excluding hydrogens is 324 g/mol. The molecule has 2 aromatic rings. The average Bonchev–Trinajstić information content (AvgIpc) is 2.56. The van der Waals surface area contributed by atoms with E-state index in [2.05, 4.69) is 10.6 Å². The van der Waals surface area contributed by atoms with Crippen LogP contribution in [0, 0.1) is 12.8 Å². The van der Waals surface area contributed by atoms with Crippen molar-refractivity contribution in [3.8, 4) is 0 Å². The van der Waals surface area contributed by atoms with Crippen LogP contribution in [0.3, 0.4) is 0 Å². The third kappa shape index (κ3) is 4.83. The van der Waals surface area contributed by atoms with Crippen molar-refractivity contribution >= 4 is 29.1 Å². The quantitative estimate of drug-likeness (QED) is 0.850. The van der Waals surface area contributed by atoms with E-state index in [-0.39, 0.29) is 11.8 Å². The molecule has 2 N–H and O–H groups in total. The summed E-state index contributed by atoms with van der Waals surface area (Å²) in [5.41, 5.74) is 2.46. The second-order valence-electron chi connectivity index (χ2n) is 6.10. The standard InChI is InChI=1S/C19H21ClN2O2/c1-12(2)11-21-18(23)14-5-4-6-15(9-14)19(24)22-17-10-16(20)8-7-13(17)3/h4-10,12H,11H2,1-3H3,(H,21,23)(H,22,24). The van der Waals surface area contributed by atoms with Crippen molar-refractivity contribution in [1.29, 1.82) is 0 Å². The van der Waals surface area contributed by atoms with Gasteiger partial charge in [0, 0.05) is 28.4 Å². The Bertz CT molecular complexity index is 757. The predicted octanol–water partition coefficient (Wildman–Crippen LogP) is 4.29. The number of hydrogen-bond acceptors (Lipinski definition) is 2. The van der Waals surface area contributed by atoms with Crippen molar-refractivity contribution in [2.75, 3.05) is 11.9 Å². The maximum atomic E-state index is 12.4. The summed E-state index contributed by atoms with van der Waals surface area (Å²) < 4.78 is 0. The van der Waals surface area contributed by atoms with Crippen molar-refractivity contribution in [1.82, 2.24) is 5.32 Å². The molecule has 2 rings (SSSR count). The molecule has 0 radical (unpaired) electrons. The Labute approximate surface area is 147 Å². The van der Waals surface area contributed by atoms with Gasteiger partial charge in [-0.05, 0) is 48.7 Å². The van der Waals surface area contributed by atoms with Gasteiger partial charge in [-0.25, -0.2) is 0 Å². The molecule has 0 saturated carbocycles. The number of carbonyl (C=O) groups is 2. The monoisotopic (exact) mass is 344 g/mol. The molecule has 0 saturated heterocycles. The Morgan fingerprint density at radius 3 is 2.38 bits per heavy atom. The van der Waals surface area contributed by atoms with E-state index in [0.717, 1.165) is 5.56 Å². The minimum absolute atomic E-state index is 0.183. The van der Waals surface area contributed by atoms with Gasteiger partial charge in [0.05, 0.1) is 0 Å². The van der Waals surface area contributed by atoms with Crippen LogP contribution in [0.2, 0.25) is 5.02 Å². The Morgan fingerprint density at radius 2 is 1.71 bits per heavy atom. The number of halogens is 1. The van der Waals surface area contributed by atoms with E-state index in [1.54, 1.807) is 36.4 Å². The predicted molar refractivity (Wildman–Crippen MR) is 97.8 cm³/mol. The molecule has 2 aromatic carbocycles. The van der Waals surface area contributed by atoms with Gasteiger partial charge in [0.2, 0.25) is 0 Å². The van der Waals surface area contributed by atoms with Crippen LogP contribution < -0.4 is 10.6 Å². The minimum atomic E-state index is -0.279. The first-order valence-corrected chi connectivity index (χ1v) is 8.20. The molecule has 0 aliphatic carbocycles. The zero-order valence-corrected chi connectivity index (χ0v) is 14.8. The molecule has 0 heterocycles. The molecular formula is C19H21ClN2O2. The summed E-state index contributed by atoms with van der Waals surface area (Å²) in [6.07, 6.45) is 0. The van der Waals surface area contributed by atoms with Gasteiger partial charge in [-0.1, -0.05) is 37.6 Å². The minimum Gasteiger partial charge on any atom is -0.352 e. The lowest BCUT2D eigenvalue weighted by atomic mass is 10.1. The highest BCUT2D eigenvalue weighted by Crippen LogP contribution is 2.21. The first kappa shape index (κ1) is 18.0. The summed E-state index contributed by atoms with van der Waals surface area (Å²) >= 11 is 5.97. The Morgan fingerprint density at radius 1 is 1.04 bits per heavy atom. The van der Waals surface area contributed by atoms with Gasteiger partial charge >= 0.3 is 0 Å². The van der Waals surface area contributed by atoms with Crippen molar-refractivity contribution in [2.24, 2.45) is 5.92 Å². The topological polar surface area (TPSA) is 58.2 Å². The fourth-order valence-corrected chi connectivity index (χ4v) is 2.30. The molecule has 4 nitrogen and oxygen atoms in total. The van der Waals surface area contributed by atoms with Crippen molar-refractivity contribution in [3.05, 3.63) is 64.2 Å². The fourth-order valence-electron chi connectivity index (χ4n) is 2.12. The first-order valence-electron chi connectivity index (χ1n) is 7.82. The lowest BCUT2D eigenvalue weighted by molar-refractivity contribution is 0.0949. The highest BCUT2D eigenvalue weighted by molar-refractivity contribution is 6.31. The summed E-state index contributed by atoms with van der Waals surface area (Å²) in [5, 5.41) is 6.22. The maximum absolute atomic E-state index is 12.4. The number of hydrogen-bond donors (Lipinski definition) is 2. The number of anilines is 1. The molecule has 0 unspecified atom stereocenters. The first-order chi connectivity index (χ1) is 11.4. The largest absolute Gasteiger partial charge is 0.352 e. The number of nitrogens with one attached hydrogen (secondary N) is 2. The van der Waals surface area contributed by atoms with E-state index in [9.17, 15) is 9.59 Å². The molecule has 0 bridgehead atoms. The summed E-state index contributed by atoms with van der Waals surface area (Å²) in [6, 6.07) is 12.0. The van der Waals surface area contributed by atoms with E-state index in [1.165, 1.54) is 0 Å². The summed E-state index contributed by atoms with van der Waals surface area (Å²) in [7, 11) is 0. The van der Waals surface area contributed by atoms with Gasteiger partial charge in [-0.2, -0.15) is 0 Å². The molecule has 126 valence electrons. The lowest BCUT2D eigenvalue weighted by Crippen LogP contribution is -2.27. The van der Waals surface area contributed by atoms with Crippen LogP contribution >= 0.6 is 11.6 Å². The van der Waals surface area contributed by atoms with E-state index in [4.69, 9.17) is 11.6 Å². The SMILES string of the molecule is Cc1ccc(Cl)cc1NC(=O)c1cccc(C(=O)NCC(C)C)c1. The van der Waals surface area contributed by atoms with Gasteiger partial charge in [-0.15, -0.1) is 0 Å². The van der Waals surface area contributed by atoms with Gasteiger partial charge < -0.3 is 10.6 Å². The second-order valence-corrected chi connectivity index (χ2v) is 6.53. The Kier molecular flexibility index (Phi) is 5.99. The highest BCUT2D eigenvalue weighted by atomic mass is 35.5. The van der Waals surface area contributed by atoms with Gasteiger partial charge in [0.25, 0.3) is 11.8 Å². The van der Waals surface area contributed by atoms with Gasteiger partial charge in [-0.3, -0.25) is 9.59 Å². The molecule has 5 heteroatoms. The second kappa shape index (κ2) is 7.97. The molecule has 0 aliphatic heterocycles. The smallest absolute Gasteiger partial charge is 0.255 e.